The molecule has 0 bridgehead atoms. The Balaban J connectivity index is 1.50. The highest BCUT2D eigenvalue weighted by Gasteiger charge is 2.13. The largest absolute Gasteiger partial charge is 0.381 e. The van der Waals surface area contributed by atoms with Gasteiger partial charge >= 0.3 is 0 Å². The average Bonchev–Trinajstić information content (AvgIpc) is 3.18. The summed E-state index contributed by atoms with van der Waals surface area (Å²) in [5.74, 6) is 0.506. The Kier molecular flexibility index (Phi) is 6.20. The second-order valence-electron chi connectivity index (χ2n) is 7.28. The van der Waals surface area contributed by atoms with E-state index in [9.17, 15) is 4.39 Å². The molecule has 0 spiro atoms. The third-order valence-electron chi connectivity index (χ3n) is 5.18. The van der Waals surface area contributed by atoms with Crippen molar-refractivity contribution in [3.63, 3.8) is 0 Å². The molecule has 0 aliphatic carbocycles. The Morgan fingerprint density at radius 2 is 2.10 bits per heavy atom. The first-order valence-electron chi connectivity index (χ1n) is 10.2. The van der Waals surface area contributed by atoms with Crippen molar-refractivity contribution >= 4 is 34.6 Å². The lowest BCUT2D eigenvalue weighted by molar-refractivity contribution is 0.122. The molecule has 0 unspecified atom stereocenters. The number of H-pyrrole nitrogens is 1. The van der Waals surface area contributed by atoms with E-state index in [2.05, 4.69) is 30.6 Å². The van der Waals surface area contributed by atoms with Crippen LogP contribution in [-0.2, 0) is 4.74 Å². The van der Waals surface area contributed by atoms with E-state index in [1.807, 2.05) is 31.2 Å². The van der Waals surface area contributed by atoms with Crippen molar-refractivity contribution in [3.05, 3.63) is 41.5 Å². The second-order valence-corrected chi connectivity index (χ2v) is 7.28. The minimum absolute atomic E-state index is 0.0252. The van der Waals surface area contributed by atoms with Gasteiger partial charge in [-0.1, -0.05) is 6.92 Å². The standard InChI is InChI=1S/C21H26FN7O/c1-2-14(23)13-24-20-11-16-18(26-27-19(16)12-17(20)22)5-3-15-4-6-21(28-25-15)29-7-9-30-10-8-29/h3-6,11-12,14,24H,2,7-10,13,23H2,1H3,(H,26,27)/b5-3+/t14-/m0/s1. The Labute approximate surface area is 174 Å². The van der Waals surface area contributed by atoms with Crippen LogP contribution in [0.5, 0.6) is 0 Å². The molecule has 9 heteroatoms. The normalized spacial score (nSPS) is 15.8. The summed E-state index contributed by atoms with van der Waals surface area (Å²) in [7, 11) is 0. The van der Waals surface area contributed by atoms with Crippen LogP contribution >= 0.6 is 0 Å². The van der Waals surface area contributed by atoms with Gasteiger partial charge in [0.05, 0.1) is 35.8 Å². The zero-order chi connectivity index (χ0) is 20.9. The fourth-order valence-corrected chi connectivity index (χ4v) is 3.26. The van der Waals surface area contributed by atoms with E-state index in [1.165, 1.54) is 6.07 Å². The average molecular weight is 411 g/mol. The van der Waals surface area contributed by atoms with Gasteiger partial charge in [-0.25, -0.2) is 4.39 Å². The number of nitrogens with two attached hydrogens (primary N) is 1. The smallest absolute Gasteiger partial charge is 0.151 e. The minimum atomic E-state index is -0.338. The van der Waals surface area contributed by atoms with Crippen molar-refractivity contribution in [2.75, 3.05) is 43.1 Å². The number of nitrogens with one attached hydrogen (secondary N) is 2. The fraction of sp³-hybridized carbons (Fsp3) is 0.381. The van der Waals surface area contributed by atoms with Crippen LogP contribution in [0.25, 0.3) is 23.1 Å². The van der Waals surface area contributed by atoms with Crippen LogP contribution in [-0.4, -0.2) is 59.3 Å². The van der Waals surface area contributed by atoms with Crippen LogP contribution in [0.4, 0.5) is 15.9 Å². The first kappa shape index (κ1) is 20.2. The van der Waals surface area contributed by atoms with Crippen molar-refractivity contribution in [1.82, 2.24) is 20.4 Å². The Morgan fingerprint density at radius 1 is 1.27 bits per heavy atom. The van der Waals surface area contributed by atoms with Gasteiger partial charge in [0.2, 0.25) is 0 Å². The van der Waals surface area contributed by atoms with E-state index in [1.54, 1.807) is 6.07 Å². The number of aromatic amines is 1. The molecule has 0 amide bonds. The molecule has 8 nitrogen and oxygen atoms in total. The first-order chi connectivity index (χ1) is 14.6. The molecule has 1 aliphatic rings. The molecule has 3 aromatic rings. The highest BCUT2D eigenvalue weighted by Crippen LogP contribution is 2.25. The maximum atomic E-state index is 14.3. The second kappa shape index (κ2) is 9.19. The van der Waals surface area contributed by atoms with E-state index >= 15 is 0 Å². The minimum Gasteiger partial charge on any atom is -0.381 e. The molecule has 1 fully saturated rings. The number of ether oxygens (including phenoxy) is 1. The number of halogens is 1. The van der Waals surface area contributed by atoms with E-state index in [0.717, 1.165) is 36.4 Å². The van der Waals surface area contributed by atoms with Gasteiger partial charge in [-0.05, 0) is 36.8 Å². The summed E-state index contributed by atoms with van der Waals surface area (Å²) in [4.78, 5) is 2.15. The van der Waals surface area contributed by atoms with Crippen molar-refractivity contribution in [1.29, 1.82) is 0 Å². The number of morpholine rings is 1. The van der Waals surface area contributed by atoms with Crippen LogP contribution in [0, 0.1) is 5.82 Å². The molecular weight excluding hydrogens is 385 g/mol. The molecular formula is C21H26FN7O. The topological polar surface area (TPSA) is 105 Å². The zero-order valence-corrected chi connectivity index (χ0v) is 16.9. The van der Waals surface area contributed by atoms with Gasteiger partial charge in [-0.2, -0.15) is 5.10 Å². The van der Waals surface area contributed by atoms with Gasteiger partial charge in [-0.3, -0.25) is 5.10 Å². The molecule has 4 N–H and O–H groups in total. The highest BCUT2D eigenvalue weighted by molar-refractivity contribution is 5.91. The Bertz CT molecular complexity index is 1010. The predicted octanol–water partition coefficient (Wildman–Crippen LogP) is 2.65. The number of nitrogens with zero attached hydrogens (tertiary/aromatic N) is 4. The van der Waals surface area contributed by atoms with Crippen molar-refractivity contribution < 1.29 is 9.13 Å². The molecule has 2 aromatic heterocycles. The van der Waals surface area contributed by atoms with Gasteiger partial charge < -0.3 is 20.7 Å². The fourth-order valence-electron chi connectivity index (χ4n) is 3.26. The number of anilines is 2. The van der Waals surface area contributed by atoms with Crippen LogP contribution in [0.15, 0.2) is 24.3 Å². The van der Waals surface area contributed by atoms with Crippen molar-refractivity contribution in [3.8, 4) is 0 Å². The molecule has 1 aliphatic heterocycles. The monoisotopic (exact) mass is 411 g/mol. The lowest BCUT2D eigenvalue weighted by Gasteiger charge is -2.27. The molecule has 1 atom stereocenters. The molecule has 4 rings (SSSR count). The van der Waals surface area contributed by atoms with E-state index in [0.29, 0.717) is 36.7 Å². The van der Waals surface area contributed by atoms with Crippen LogP contribution in [0.2, 0.25) is 0 Å². The van der Waals surface area contributed by atoms with Gasteiger partial charge in [0.25, 0.3) is 0 Å². The van der Waals surface area contributed by atoms with Crippen LogP contribution < -0.4 is 16.0 Å². The summed E-state index contributed by atoms with van der Waals surface area (Å²) in [5.41, 5.74) is 8.39. The summed E-state index contributed by atoms with van der Waals surface area (Å²) < 4.78 is 19.7. The molecule has 30 heavy (non-hydrogen) atoms. The highest BCUT2D eigenvalue weighted by atomic mass is 19.1. The SMILES string of the molecule is CC[C@H](N)CNc1cc2c(/C=C/c3ccc(N4CCOCC4)nn3)n[nH]c2cc1F. The molecule has 1 aromatic carbocycles. The van der Waals surface area contributed by atoms with Crippen molar-refractivity contribution in [2.24, 2.45) is 5.73 Å². The number of rotatable bonds is 7. The summed E-state index contributed by atoms with van der Waals surface area (Å²) >= 11 is 0. The van der Waals surface area contributed by atoms with E-state index in [-0.39, 0.29) is 11.9 Å². The summed E-state index contributed by atoms with van der Waals surface area (Å²) in [6, 6.07) is 7.04. The van der Waals surface area contributed by atoms with E-state index < -0.39 is 0 Å². The van der Waals surface area contributed by atoms with Gasteiger partial charge in [-0.15, -0.1) is 10.2 Å². The third-order valence-corrected chi connectivity index (χ3v) is 5.18. The summed E-state index contributed by atoms with van der Waals surface area (Å²) in [5, 5.41) is 19.7. The number of aromatic nitrogens is 4. The number of hydrogen-bond donors (Lipinski definition) is 3. The zero-order valence-electron chi connectivity index (χ0n) is 16.9. The number of fused-ring (bicyclic) bond motifs is 1. The molecule has 0 radical (unpaired) electrons. The lowest BCUT2D eigenvalue weighted by Crippen LogP contribution is -2.36. The van der Waals surface area contributed by atoms with Gasteiger partial charge in [0.1, 0.15) is 5.82 Å². The van der Waals surface area contributed by atoms with E-state index in [4.69, 9.17) is 10.5 Å². The molecule has 158 valence electrons. The molecule has 1 saturated heterocycles. The maximum absolute atomic E-state index is 14.3. The van der Waals surface area contributed by atoms with Gasteiger partial charge in [0.15, 0.2) is 5.82 Å². The number of hydrogen-bond acceptors (Lipinski definition) is 7. The summed E-state index contributed by atoms with van der Waals surface area (Å²) in [6.45, 7) is 5.56. The summed E-state index contributed by atoms with van der Waals surface area (Å²) in [6.07, 6.45) is 4.51. The van der Waals surface area contributed by atoms with Gasteiger partial charge in [0, 0.05) is 37.1 Å². The van der Waals surface area contributed by atoms with Crippen molar-refractivity contribution in [2.45, 2.75) is 19.4 Å². The molecule has 0 saturated carbocycles. The third kappa shape index (κ3) is 4.58. The van der Waals surface area contributed by atoms with Crippen LogP contribution in [0.1, 0.15) is 24.7 Å². The Morgan fingerprint density at radius 3 is 2.83 bits per heavy atom. The first-order valence-corrected chi connectivity index (χ1v) is 10.2. The predicted molar refractivity (Wildman–Crippen MR) is 117 cm³/mol. The Hall–Kier alpha value is -3.04. The van der Waals surface area contributed by atoms with Crippen LogP contribution in [0.3, 0.4) is 0 Å². The maximum Gasteiger partial charge on any atom is 0.151 e. The number of benzene rings is 1. The molecule has 3 heterocycles. The quantitative estimate of drug-likeness (QED) is 0.549. The lowest BCUT2D eigenvalue weighted by atomic mass is 10.1.